The molecule has 3 heteroatoms. The molecule has 0 spiro atoms. The summed E-state index contributed by atoms with van der Waals surface area (Å²) >= 11 is 3.64. The predicted octanol–water partition coefficient (Wildman–Crippen LogP) is 3.07. The van der Waals surface area contributed by atoms with Crippen LogP contribution in [0.1, 0.15) is 18.7 Å². The summed E-state index contributed by atoms with van der Waals surface area (Å²) in [6.45, 7) is 4.29. The normalized spacial score (nSPS) is 20.5. The molecule has 0 unspecified atom stereocenters. The van der Waals surface area contributed by atoms with Gasteiger partial charge in [0, 0.05) is 34.7 Å². The lowest BCUT2D eigenvalue weighted by Crippen LogP contribution is -2.30. The number of nitrogens with zero attached hydrogens (tertiary/aromatic N) is 1. The van der Waals surface area contributed by atoms with Gasteiger partial charge in [0.2, 0.25) is 0 Å². The second-order valence-electron chi connectivity index (χ2n) is 4.16. The van der Waals surface area contributed by atoms with Gasteiger partial charge in [0.05, 0.1) is 5.52 Å². The van der Waals surface area contributed by atoms with E-state index in [1.807, 2.05) is 0 Å². The van der Waals surface area contributed by atoms with E-state index in [-0.39, 0.29) is 0 Å². The molecule has 15 heavy (non-hydrogen) atoms. The van der Waals surface area contributed by atoms with Gasteiger partial charge >= 0.3 is 0 Å². The Hall–Kier alpha value is -0.800. The largest absolute Gasteiger partial charge is 0.338 e. The third kappa shape index (κ3) is 1.34. The summed E-state index contributed by atoms with van der Waals surface area (Å²) < 4.78 is 3.63. The number of nitrogens with one attached hydrogen (secondary N) is 1. The van der Waals surface area contributed by atoms with Gasteiger partial charge in [0.25, 0.3) is 0 Å². The van der Waals surface area contributed by atoms with Gasteiger partial charge in [-0.15, -0.1) is 0 Å². The number of para-hydroxylation sites is 1. The van der Waals surface area contributed by atoms with Gasteiger partial charge in [-0.05, 0) is 35.0 Å². The second-order valence-corrected chi connectivity index (χ2v) is 5.02. The Labute approximate surface area is 97.4 Å². The van der Waals surface area contributed by atoms with E-state index in [2.05, 4.69) is 57.0 Å². The van der Waals surface area contributed by atoms with E-state index in [4.69, 9.17) is 0 Å². The van der Waals surface area contributed by atoms with Gasteiger partial charge in [-0.2, -0.15) is 0 Å². The van der Waals surface area contributed by atoms with Crippen LogP contribution in [0.3, 0.4) is 0 Å². The van der Waals surface area contributed by atoms with Crippen molar-refractivity contribution >= 4 is 26.8 Å². The molecule has 2 aromatic rings. The molecule has 0 amide bonds. The summed E-state index contributed by atoms with van der Waals surface area (Å²) in [7, 11) is 0. The maximum absolute atomic E-state index is 3.64. The van der Waals surface area contributed by atoms with Crippen molar-refractivity contribution in [3.8, 4) is 0 Å². The van der Waals surface area contributed by atoms with Crippen LogP contribution < -0.4 is 5.32 Å². The van der Waals surface area contributed by atoms with Crippen LogP contribution in [0.25, 0.3) is 10.9 Å². The molecule has 2 heterocycles. The number of rotatable bonds is 0. The molecule has 0 saturated heterocycles. The van der Waals surface area contributed by atoms with E-state index in [9.17, 15) is 0 Å². The maximum Gasteiger partial charge on any atom is 0.0630 e. The van der Waals surface area contributed by atoms with E-state index >= 15 is 0 Å². The zero-order valence-electron chi connectivity index (χ0n) is 8.63. The van der Waals surface area contributed by atoms with Crippen molar-refractivity contribution in [3.05, 3.63) is 34.4 Å². The highest BCUT2D eigenvalue weighted by Gasteiger charge is 2.19. The summed E-state index contributed by atoms with van der Waals surface area (Å²) in [6.07, 6.45) is 0. The van der Waals surface area contributed by atoms with Crippen LogP contribution in [0.15, 0.2) is 28.7 Å². The number of hydrogen-bond donors (Lipinski definition) is 1. The van der Waals surface area contributed by atoms with Gasteiger partial charge in [-0.25, -0.2) is 0 Å². The fourth-order valence-corrected chi connectivity index (χ4v) is 3.01. The summed E-state index contributed by atoms with van der Waals surface area (Å²) in [5.74, 6) is 0. The Balaban J connectivity index is 2.38. The quantitative estimate of drug-likeness (QED) is 0.774. The smallest absolute Gasteiger partial charge is 0.0630 e. The Morgan fingerprint density at radius 1 is 1.47 bits per heavy atom. The average Bonchev–Trinajstić information content (AvgIpc) is 2.58. The number of benzene rings is 1. The number of aromatic nitrogens is 1. The molecular weight excluding hydrogens is 252 g/mol. The molecule has 1 aliphatic rings. The SMILES string of the molecule is C[C@@H]1CNCc2cc3cccc(Br)c3n21. The molecule has 1 N–H and O–H groups in total. The molecule has 1 aromatic carbocycles. The lowest BCUT2D eigenvalue weighted by Gasteiger charge is -2.25. The highest BCUT2D eigenvalue weighted by atomic mass is 79.9. The molecule has 2 nitrogen and oxygen atoms in total. The van der Waals surface area contributed by atoms with E-state index in [0.29, 0.717) is 6.04 Å². The van der Waals surface area contributed by atoms with Crippen molar-refractivity contribution in [1.29, 1.82) is 0 Å². The Morgan fingerprint density at radius 2 is 2.33 bits per heavy atom. The van der Waals surface area contributed by atoms with Gasteiger partial charge in [-0.3, -0.25) is 0 Å². The van der Waals surface area contributed by atoms with Crippen molar-refractivity contribution < 1.29 is 0 Å². The molecule has 78 valence electrons. The minimum absolute atomic E-state index is 0.532. The first kappa shape index (κ1) is 9.43. The first-order valence-corrected chi connectivity index (χ1v) is 6.06. The first-order valence-electron chi connectivity index (χ1n) is 5.26. The summed E-state index contributed by atoms with van der Waals surface area (Å²) in [6, 6.07) is 9.20. The van der Waals surface area contributed by atoms with Crippen molar-refractivity contribution in [2.45, 2.75) is 19.5 Å². The van der Waals surface area contributed by atoms with E-state index < -0.39 is 0 Å². The van der Waals surface area contributed by atoms with Crippen LogP contribution in [0.2, 0.25) is 0 Å². The Bertz CT molecular complexity index is 516. The first-order chi connectivity index (χ1) is 7.27. The van der Waals surface area contributed by atoms with Crippen LogP contribution in [-0.4, -0.2) is 11.1 Å². The molecule has 0 saturated carbocycles. The molecule has 3 rings (SSSR count). The monoisotopic (exact) mass is 264 g/mol. The predicted molar refractivity (Wildman–Crippen MR) is 66.1 cm³/mol. The van der Waals surface area contributed by atoms with Crippen LogP contribution >= 0.6 is 15.9 Å². The van der Waals surface area contributed by atoms with Gasteiger partial charge in [0.1, 0.15) is 0 Å². The summed E-state index contributed by atoms with van der Waals surface area (Å²) in [4.78, 5) is 0. The highest BCUT2D eigenvalue weighted by molar-refractivity contribution is 9.10. The molecule has 1 aromatic heterocycles. The molecule has 0 radical (unpaired) electrons. The van der Waals surface area contributed by atoms with Gasteiger partial charge in [0.15, 0.2) is 0 Å². The van der Waals surface area contributed by atoms with Gasteiger partial charge in [-0.1, -0.05) is 12.1 Å². The van der Waals surface area contributed by atoms with Crippen molar-refractivity contribution in [2.24, 2.45) is 0 Å². The third-order valence-electron chi connectivity index (χ3n) is 3.08. The minimum Gasteiger partial charge on any atom is -0.338 e. The fourth-order valence-electron chi connectivity index (χ4n) is 2.44. The van der Waals surface area contributed by atoms with Crippen molar-refractivity contribution in [1.82, 2.24) is 9.88 Å². The maximum atomic E-state index is 3.64. The summed E-state index contributed by atoms with van der Waals surface area (Å²) in [5, 5.41) is 4.76. The standard InChI is InChI=1S/C12H13BrN2/c1-8-6-14-7-10-5-9-3-2-4-11(13)12(9)15(8)10/h2-5,8,14H,6-7H2,1H3/t8-/m1/s1. The van der Waals surface area contributed by atoms with Crippen LogP contribution in [0.4, 0.5) is 0 Å². The number of fused-ring (bicyclic) bond motifs is 3. The zero-order chi connectivity index (χ0) is 10.4. The van der Waals surface area contributed by atoms with E-state index in [0.717, 1.165) is 13.1 Å². The molecule has 0 bridgehead atoms. The molecule has 1 atom stereocenters. The van der Waals surface area contributed by atoms with Crippen LogP contribution in [0, 0.1) is 0 Å². The van der Waals surface area contributed by atoms with E-state index in [1.165, 1.54) is 21.1 Å². The second kappa shape index (κ2) is 3.35. The van der Waals surface area contributed by atoms with Crippen molar-refractivity contribution in [2.75, 3.05) is 6.54 Å². The lowest BCUT2D eigenvalue weighted by atomic mass is 10.2. The third-order valence-corrected chi connectivity index (χ3v) is 3.72. The zero-order valence-corrected chi connectivity index (χ0v) is 10.2. The highest BCUT2D eigenvalue weighted by Crippen LogP contribution is 2.31. The van der Waals surface area contributed by atoms with Crippen molar-refractivity contribution in [3.63, 3.8) is 0 Å². The van der Waals surface area contributed by atoms with Crippen LogP contribution in [-0.2, 0) is 6.54 Å². The molecule has 0 fully saturated rings. The van der Waals surface area contributed by atoms with E-state index in [1.54, 1.807) is 0 Å². The Kier molecular flexibility index (Phi) is 2.11. The number of halogens is 1. The average molecular weight is 265 g/mol. The molecule has 1 aliphatic heterocycles. The topological polar surface area (TPSA) is 17.0 Å². The lowest BCUT2D eigenvalue weighted by molar-refractivity contribution is 0.439. The molecular formula is C12H13BrN2. The molecule has 0 aliphatic carbocycles. The van der Waals surface area contributed by atoms with Gasteiger partial charge < -0.3 is 9.88 Å². The van der Waals surface area contributed by atoms with Crippen LogP contribution in [0.5, 0.6) is 0 Å². The summed E-state index contributed by atoms with van der Waals surface area (Å²) in [5.41, 5.74) is 2.72. The number of hydrogen-bond acceptors (Lipinski definition) is 1. The minimum atomic E-state index is 0.532. The fraction of sp³-hybridized carbons (Fsp3) is 0.333. The Morgan fingerprint density at radius 3 is 3.20 bits per heavy atom.